The molecule has 3 rings (SSSR count). The summed E-state index contributed by atoms with van der Waals surface area (Å²) in [5.41, 5.74) is 1.98. The second-order valence-corrected chi connectivity index (χ2v) is 3.79. The van der Waals surface area contributed by atoms with Crippen LogP contribution in [-0.4, -0.2) is 29.2 Å². The molecule has 2 N–H and O–H groups in total. The monoisotopic (exact) mass is 203 g/mol. The first-order chi connectivity index (χ1) is 7.42. The first-order valence-electron chi connectivity index (χ1n) is 5.24. The molecule has 0 bridgehead atoms. The number of aromatic nitrogens is 2. The minimum atomic E-state index is 0.255. The SMILES string of the molecule is c1ccc2[nH]c(OC3CCNC3)nc2c1. The highest BCUT2D eigenvalue weighted by Gasteiger charge is 2.17. The van der Waals surface area contributed by atoms with Gasteiger partial charge in [-0.15, -0.1) is 0 Å². The third-order valence-corrected chi connectivity index (χ3v) is 2.66. The maximum atomic E-state index is 5.73. The van der Waals surface area contributed by atoms with Gasteiger partial charge in [-0.05, 0) is 25.1 Å². The predicted molar refractivity (Wildman–Crippen MR) is 58.0 cm³/mol. The van der Waals surface area contributed by atoms with E-state index in [-0.39, 0.29) is 6.10 Å². The number of benzene rings is 1. The summed E-state index contributed by atoms with van der Waals surface area (Å²) in [6.07, 6.45) is 1.31. The molecule has 1 saturated heterocycles. The van der Waals surface area contributed by atoms with Crippen LogP contribution < -0.4 is 10.1 Å². The normalized spacial score (nSPS) is 20.9. The minimum Gasteiger partial charge on any atom is -0.460 e. The lowest BCUT2D eigenvalue weighted by molar-refractivity contribution is 0.207. The summed E-state index contributed by atoms with van der Waals surface area (Å²) in [6.45, 7) is 1.95. The van der Waals surface area contributed by atoms with Crippen molar-refractivity contribution in [3.63, 3.8) is 0 Å². The molecule has 0 amide bonds. The first-order valence-corrected chi connectivity index (χ1v) is 5.24. The summed E-state index contributed by atoms with van der Waals surface area (Å²) in [6, 6.07) is 8.57. The smallest absolute Gasteiger partial charge is 0.294 e. The molecule has 1 aliphatic heterocycles. The van der Waals surface area contributed by atoms with E-state index in [2.05, 4.69) is 15.3 Å². The van der Waals surface area contributed by atoms with Crippen LogP contribution in [-0.2, 0) is 0 Å². The van der Waals surface area contributed by atoms with Gasteiger partial charge < -0.3 is 15.0 Å². The van der Waals surface area contributed by atoms with Gasteiger partial charge in [0, 0.05) is 6.54 Å². The Hall–Kier alpha value is -1.55. The fourth-order valence-corrected chi connectivity index (χ4v) is 1.87. The van der Waals surface area contributed by atoms with Gasteiger partial charge in [-0.25, -0.2) is 0 Å². The lowest BCUT2D eigenvalue weighted by Gasteiger charge is -2.07. The molecule has 0 aliphatic carbocycles. The molecule has 1 fully saturated rings. The Morgan fingerprint density at radius 3 is 3.07 bits per heavy atom. The summed E-state index contributed by atoms with van der Waals surface area (Å²) in [5, 5.41) is 3.26. The van der Waals surface area contributed by atoms with Gasteiger partial charge >= 0.3 is 0 Å². The molecule has 1 unspecified atom stereocenters. The van der Waals surface area contributed by atoms with Gasteiger partial charge in [-0.2, -0.15) is 4.98 Å². The van der Waals surface area contributed by atoms with Crippen LogP contribution in [0.2, 0.25) is 0 Å². The fraction of sp³-hybridized carbons (Fsp3) is 0.364. The number of nitrogens with zero attached hydrogens (tertiary/aromatic N) is 1. The molecule has 1 aromatic heterocycles. The van der Waals surface area contributed by atoms with E-state index in [9.17, 15) is 0 Å². The van der Waals surface area contributed by atoms with Crippen molar-refractivity contribution in [3.05, 3.63) is 24.3 Å². The molecular formula is C11H13N3O. The lowest BCUT2D eigenvalue weighted by Crippen LogP contribution is -2.20. The molecule has 4 nitrogen and oxygen atoms in total. The molecule has 0 saturated carbocycles. The quantitative estimate of drug-likeness (QED) is 0.773. The molecule has 1 aliphatic rings. The number of aromatic amines is 1. The zero-order chi connectivity index (χ0) is 10.1. The second-order valence-electron chi connectivity index (χ2n) is 3.79. The number of imidazole rings is 1. The van der Waals surface area contributed by atoms with Crippen LogP contribution in [0.3, 0.4) is 0 Å². The Kier molecular flexibility index (Phi) is 2.07. The van der Waals surface area contributed by atoms with Crippen molar-refractivity contribution in [2.24, 2.45) is 0 Å². The van der Waals surface area contributed by atoms with Crippen LogP contribution in [0.1, 0.15) is 6.42 Å². The van der Waals surface area contributed by atoms with E-state index < -0.39 is 0 Å². The average molecular weight is 203 g/mol. The number of nitrogens with one attached hydrogen (secondary N) is 2. The third kappa shape index (κ3) is 1.68. The summed E-state index contributed by atoms with van der Waals surface area (Å²) in [5.74, 6) is 0. The van der Waals surface area contributed by atoms with Crippen LogP contribution in [0.15, 0.2) is 24.3 Å². The molecule has 0 spiro atoms. The van der Waals surface area contributed by atoms with Gasteiger partial charge in [0.2, 0.25) is 0 Å². The van der Waals surface area contributed by atoms with Gasteiger partial charge in [0.05, 0.1) is 11.0 Å². The highest BCUT2D eigenvalue weighted by atomic mass is 16.5. The standard InChI is InChI=1S/C11H13N3O/c1-2-4-10-9(3-1)13-11(14-10)15-8-5-6-12-7-8/h1-4,8,12H,5-7H2,(H,13,14). The Bertz CT molecular complexity index is 427. The van der Waals surface area contributed by atoms with Gasteiger partial charge in [-0.1, -0.05) is 12.1 Å². The predicted octanol–water partition coefficient (Wildman–Crippen LogP) is 1.30. The molecule has 2 aromatic rings. The number of hydrogen-bond donors (Lipinski definition) is 2. The van der Waals surface area contributed by atoms with E-state index in [1.165, 1.54) is 0 Å². The van der Waals surface area contributed by atoms with Crippen LogP contribution in [0.5, 0.6) is 6.01 Å². The Morgan fingerprint density at radius 2 is 2.27 bits per heavy atom. The lowest BCUT2D eigenvalue weighted by atomic mass is 10.3. The number of rotatable bonds is 2. The van der Waals surface area contributed by atoms with Crippen molar-refractivity contribution < 1.29 is 4.74 Å². The van der Waals surface area contributed by atoms with E-state index in [0.717, 1.165) is 30.5 Å². The Morgan fingerprint density at radius 1 is 1.33 bits per heavy atom. The van der Waals surface area contributed by atoms with E-state index in [1.54, 1.807) is 0 Å². The Balaban J connectivity index is 1.84. The van der Waals surface area contributed by atoms with E-state index in [1.807, 2.05) is 24.3 Å². The maximum absolute atomic E-state index is 5.73. The van der Waals surface area contributed by atoms with Gasteiger partial charge in [0.25, 0.3) is 6.01 Å². The summed E-state index contributed by atoms with van der Waals surface area (Å²) >= 11 is 0. The summed E-state index contributed by atoms with van der Waals surface area (Å²) < 4.78 is 5.73. The highest BCUT2D eigenvalue weighted by molar-refractivity contribution is 5.75. The minimum absolute atomic E-state index is 0.255. The molecule has 2 heterocycles. The van der Waals surface area contributed by atoms with Crippen LogP contribution in [0, 0.1) is 0 Å². The van der Waals surface area contributed by atoms with E-state index in [4.69, 9.17) is 4.74 Å². The molecule has 78 valence electrons. The van der Waals surface area contributed by atoms with Gasteiger partial charge in [0.15, 0.2) is 0 Å². The summed E-state index contributed by atoms with van der Waals surface area (Å²) in [4.78, 5) is 7.53. The van der Waals surface area contributed by atoms with E-state index >= 15 is 0 Å². The van der Waals surface area contributed by atoms with Crippen LogP contribution in [0.4, 0.5) is 0 Å². The largest absolute Gasteiger partial charge is 0.460 e. The second kappa shape index (κ2) is 3.55. The Labute approximate surface area is 87.7 Å². The number of ether oxygens (including phenoxy) is 1. The third-order valence-electron chi connectivity index (χ3n) is 2.66. The average Bonchev–Trinajstić information content (AvgIpc) is 2.86. The molecule has 1 aromatic carbocycles. The zero-order valence-electron chi connectivity index (χ0n) is 8.36. The van der Waals surface area contributed by atoms with Crippen molar-refractivity contribution in [2.75, 3.05) is 13.1 Å². The van der Waals surface area contributed by atoms with Crippen LogP contribution >= 0.6 is 0 Å². The van der Waals surface area contributed by atoms with Crippen molar-refractivity contribution >= 4 is 11.0 Å². The molecule has 4 heteroatoms. The highest BCUT2D eigenvalue weighted by Crippen LogP contribution is 2.17. The number of hydrogen-bond acceptors (Lipinski definition) is 3. The van der Waals surface area contributed by atoms with Crippen molar-refractivity contribution in [3.8, 4) is 6.01 Å². The van der Waals surface area contributed by atoms with Crippen molar-refractivity contribution in [2.45, 2.75) is 12.5 Å². The van der Waals surface area contributed by atoms with Gasteiger partial charge in [0.1, 0.15) is 6.10 Å². The zero-order valence-corrected chi connectivity index (χ0v) is 8.36. The van der Waals surface area contributed by atoms with Crippen molar-refractivity contribution in [1.82, 2.24) is 15.3 Å². The molecule has 15 heavy (non-hydrogen) atoms. The number of H-pyrrole nitrogens is 1. The van der Waals surface area contributed by atoms with E-state index in [0.29, 0.717) is 6.01 Å². The molecular weight excluding hydrogens is 190 g/mol. The number of para-hydroxylation sites is 2. The number of fused-ring (bicyclic) bond motifs is 1. The maximum Gasteiger partial charge on any atom is 0.294 e. The first kappa shape index (κ1) is 8.73. The molecule has 1 atom stereocenters. The van der Waals surface area contributed by atoms with Gasteiger partial charge in [-0.3, -0.25) is 0 Å². The van der Waals surface area contributed by atoms with Crippen LogP contribution in [0.25, 0.3) is 11.0 Å². The topological polar surface area (TPSA) is 49.9 Å². The van der Waals surface area contributed by atoms with Crippen molar-refractivity contribution in [1.29, 1.82) is 0 Å². The summed E-state index contributed by atoms with van der Waals surface area (Å²) in [7, 11) is 0. The molecule has 0 radical (unpaired) electrons. The fourth-order valence-electron chi connectivity index (χ4n) is 1.87.